The lowest BCUT2D eigenvalue weighted by atomic mass is 10.0. The molecule has 0 saturated heterocycles. The lowest BCUT2D eigenvalue weighted by molar-refractivity contribution is -0.117. The van der Waals surface area contributed by atoms with Crippen LogP contribution in [0.2, 0.25) is 0 Å². The van der Waals surface area contributed by atoms with E-state index in [4.69, 9.17) is 14.2 Å². The van der Waals surface area contributed by atoms with Crippen molar-refractivity contribution in [3.63, 3.8) is 0 Å². The zero-order chi connectivity index (χ0) is 24.1. The van der Waals surface area contributed by atoms with Crippen LogP contribution >= 0.6 is 0 Å². The highest BCUT2D eigenvalue weighted by molar-refractivity contribution is 7.89. The summed E-state index contributed by atoms with van der Waals surface area (Å²) in [5, 5.41) is 2.84. The quantitative estimate of drug-likeness (QED) is 0.524. The topological polar surface area (TPSA) is 94.2 Å². The average Bonchev–Trinajstić information content (AvgIpc) is 2.87. The molecule has 1 heterocycles. The van der Waals surface area contributed by atoms with Crippen molar-refractivity contribution in [1.82, 2.24) is 4.31 Å². The number of amides is 1. The van der Waals surface area contributed by atoms with E-state index in [0.717, 1.165) is 0 Å². The van der Waals surface area contributed by atoms with Crippen molar-refractivity contribution in [3.8, 4) is 17.2 Å². The van der Waals surface area contributed by atoms with Gasteiger partial charge in [-0.25, -0.2) is 8.42 Å². The highest BCUT2D eigenvalue weighted by Gasteiger charge is 2.31. The Hall–Kier alpha value is -3.56. The lowest BCUT2D eigenvalue weighted by Gasteiger charge is -2.28. The molecule has 1 aliphatic rings. The number of carbonyl (C=O) groups excluding carboxylic acids is 1. The Bertz CT molecular complexity index is 1250. The van der Waals surface area contributed by atoms with Gasteiger partial charge in [0.2, 0.25) is 15.9 Å². The van der Waals surface area contributed by atoms with Gasteiger partial charge in [-0.3, -0.25) is 4.79 Å². The monoisotopic (exact) mass is 482 g/mol. The number of hydrogen-bond donors (Lipinski definition) is 1. The maximum absolute atomic E-state index is 13.3. The van der Waals surface area contributed by atoms with E-state index < -0.39 is 16.1 Å². The van der Waals surface area contributed by atoms with E-state index in [0.29, 0.717) is 41.7 Å². The molecular formula is C25H26N2O6S. The fourth-order valence-electron chi connectivity index (χ4n) is 3.72. The molecule has 0 bridgehead atoms. The third-order valence-corrected chi connectivity index (χ3v) is 7.44. The number of anilines is 1. The van der Waals surface area contributed by atoms with Crippen LogP contribution in [0.3, 0.4) is 0 Å². The van der Waals surface area contributed by atoms with Gasteiger partial charge in [-0.15, -0.1) is 0 Å². The van der Waals surface area contributed by atoms with Crippen LogP contribution in [0, 0.1) is 0 Å². The predicted octanol–water partition coefficient (Wildman–Crippen LogP) is 3.86. The average molecular weight is 483 g/mol. The smallest absolute Gasteiger partial charge is 0.243 e. The maximum atomic E-state index is 13.3. The summed E-state index contributed by atoms with van der Waals surface area (Å²) in [6, 6.07) is 19.6. The molecule has 1 aliphatic heterocycles. The molecular weight excluding hydrogens is 456 g/mol. The van der Waals surface area contributed by atoms with Crippen LogP contribution in [0.5, 0.6) is 17.2 Å². The molecule has 4 rings (SSSR count). The Morgan fingerprint density at radius 2 is 1.68 bits per heavy atom. The number of fused-ring (bicyclic) bond motifs is 1. The molecule has 0 fully saturated rings. The second kappa shape index (κ2) is 10.1. The van der Waals surface area contributed by atoms with Gasteiger partial charge in [0.05, 0.1) is 18.0 Å². The minimum Gasteiger partial charge on any atom is -0.497 e. The van der Waals surface area contributed by atoms with Crippen molar-refractivity contribution in [1.29, 1.82) is 0 Å². The van der Waals surface area contributed by atoms with Crippen LogP contribution in [0.4, 0.5) is 5.69 Å². The molecule has 0 unspecified atom stereocenters. The fourth-order valence-corrected chi connectivity index (χ4v) is 5.08. The Morgan fingerprint density at radius 1 is 1.00 bits per heavy atom. The summed E-state index contributed by atoms with van der Waals surface area (Å²) in [5.41, 5.74) is 1.21. The third kappa shape index (κ3) is 5.16. The Balaban J connectivity index is 1.59. The van der Waals surface area contributed by atoms with E-state index >= 15 is 0 Å². The van der Waals surface area contributed by atoms with Gasteiger partial charge in [-0.1, -0.05) is 30.3 Å². The van der Waals surface area contributed by atoms with E-state index in [1.807, 2.05) is 0 Å². The van der Waals surface area contributed by atoms with E-state index in [1.54, 1.807) is 67.8 Å². The summed E-state index contributed by atoms with van der Waals surface area (Å²) in [7, 11) is -0.811. The SMILES string of the molecule is COc1ccc([C@@H](CC(=O)Nc2ccc3c(c2)OCCO3)N(C)S(=O)(=O)c2ccccc2)cc1. The Kier molecular flexibility index (Phi) is 7.04. The molecule has 0 aromatic heterocycles. The Morgan fingerprint density at radius 3 is 2.35 bits per heavy atom. The molecule has 8 nitrogen and oxygen atoms in total. The number of nitrogens with one attached hydrogen (secondary N) is 1. The third-order valence-electron chi connectivity index (χ3n) is 5.56. The molecule has 1 N–H and O–H groups in total. The van der Waals surface area contributed by atoms with Crippen LogP contribution in [0.1, 0.15) is 18.0 Å². The zero-order valence-electron chi connectivity index (χ0n) is 18.9. The van der Waals surface area contributed by atoms with Crippen LogP contribution in [0.25, 0.3) is 0 Å². The van der Waals surface area contributed by atoms with Gasteiger partial charge in [-0.2, -0.15) is 4.31 Å². The van der Waals surface area contributed by atoms with Gasteiger partial charge in [0.25, 0.3) is 0 Å². The van der Waals surface area contributed by atoms with Crippen LogP contribution in [0.15, 0.2) is 77.7 Å². The van der Waals surface area contributed by atoms with E-state index in [9.17, 15) is 13.2 Å². The summed E-state index contributed by atoms with van der Waals surface area (Å²) < 4.78 is 44.2. The highest BCUT2D eigenvalue weighted by atomic mass is 32.2. The molecule has 1 atom stereocenters. The molecule has 3 aromatic carbocycles. The molecule has 0 aliphatic carbocycles. The molecule has 9 heteroatoms. The van der Waals surface area contributed by atoms with Gasteiger partial charge in [0, 0.05) is 25.2 Å². The number of carbonyl (C=O) groups is 1. The van der Waals surface area contributed by atoms with E-state index in [2.05, 4.69) is 5.32 Å². The number of ether oxygens (including phenoxy) is 3. The molecule has 0 saturated carbocycles. The van der Waals surface area contributed by atoms with Gasteiger partial charge in [0.1, 0.15) is 19.0 Å². The minimum atomic E-state index is -3.85. The van der Waals surface area contributed by atoms with Crippen molar-refractivity contribution >= 4 is 21.6 Å². The van der Waals surface area contributed by atoms with Crippen molar-refractivity contribution in [2.24, 2.45) is 0 Å². The zero-order valence-corrected chi connectivity index (χ0v) is 19.7. The maximum Gasteiger partial charge on any atom is 0.243 e. The van der Waals surface area contributed by atoms with Crippen molar-refractivity contribution < 1.29 is 27.4 Å². The molecule has 0 radical (unpaired) electrons. The highest BCUT2D eigenvalue weighted by Crippen LogP contribution is 2.34. The lowest BCUT2D eigenvalue weighted by Crippen LogP contribution is -2.33. The van der Waals surface area contributed by atoms with Crippen LogP contribution < -0.4 is 19.5 Å². The minimum absolute atomic E-state index is 0.0939. The predicted molar refractivity (Wildman–Crippen MR) is 128 cm³/mol. The van der Waals surface area contributed by atoms with Gasteiger partial charge >= 0.3 is 0 Å². The van der Waals surface area contributed by atoms with E-state index in [-0.39, 0.29) is 17.2 Å². The van der Waals surface area contributed by atoms with Crippen LogP contribution in [-0.4, -0.2) is 46.0 Å². The second-order valence-electron chi connectivity index (χ2n) is 7.73. The number of rotatable bonds is 8. The van der Waals surface area contributed by atoms with Crippen LogP contribution in [-0.2, 0) is 14.8 Å². The number of hydrogen-bond acceptors (Lipinski definition) is 6. The summed E-state index contributed by atoms with van der Waals surface area (Å²) in [6.07, 6.45) is -0.0939. The summed E-state index contributed by atoms with van der Waals surface area (Å²) >= 11 is 0. The van der Waals surface area contributed by atoms with Crippen molar-refractivity contribution in [2.45, 2.75) is 17.4 Å². The largest absolute Gasteiger partial charge is 0.497 e. The molecule has 3 aromatic rings. The summed E-state index contributed by atoms with van der Waals surface area (Å²) in [6.45, 7) is 0.913. The first-order valence-corrected chi connectivity index (χ1v) is 12.2. The number of methoxy groups -OCH3 is 1. The Labute approximate surface area is 199 Å². The molecule has 0 spiro atoms. The van der Waals surface area contributed by atoms with Gasteiger partial charge < -0.3 is 19.5 Å². The summed E-state index contributed by atoms with van der Waals surface area (Å²) in [5.74, 6) is 1.47. The molecule has 34 heavy (non-hydrogen) atoms. The standard InChI is InChI=1S/C25H26N2O6S/c1-27(34(29,30)21-6-4-3-5-7-21)22(18-8-11-20(31-2)12-9-18)17-25(28)26-19-10-13-23-24(16-19)33-15-14-32-23/h3-13,16,22H,14-15,17H2,1-2H3,(H,26,28)/t22-/m1/s1. The number of sulfonamides is 1. The summed E-state index contributed by atoms with van der Waals surface area (Å²) in [4.78, 5) is 13.2. The van der Waals surface area contributed by atoms with Gasteiger partial charge in [-0.05, 0) is 42.0 Å². The van der Waals surface area contributed by atoms with Crippen molar-refractivity contribution in [2.75, 3.05) is 32.7 Å². The first kappa shape index (κ1) is 23.6. The van der Waals surface area contributed by atoms with Crippen molar-refractivity contribution in [3.05, 3.63) is 78.4 Å². The molecule has 178 valence electrons. The van der Waals surface area contributed by atoms with E-state index in [1.165, 1.54) is 23.5 Å². The second-order valence-corrected chi connectivity index (χ2v) is 9.73. The normalized spacial score (nSPS) is 13.9. The first-order valence-electron chi connectivity index (χ1n) is 10.7. The first-order chi connectivity index (χ1) is 16.4. The van der Waals surface area contributed by atoms with Gasteiger partial charge in [0.15, 0.2) is 11.5 Å². The number of benzene rings is 3. The fraction of sp³-hybridized carbons (Fsp3) is 0.240. The number of nitrogens with zero attached hydrogens (tertiary/aromatic N) is 1. The molecule has 1 amide bonds.